The second kappa shape index (κ2) is 5.76. The van der Waals surface area contributed by atoms with E-state index in [4.69, 9.17) is 9.47 Å². The molecule has 2 aromatic heterocycles. The molecule has 33 heavy (non-hydrogen) atoms. The molecular weight excluding hydrogens is 414 g/mol. The Kier molecular flexibility index (Phi) is 3.16. The number of rotatable bonds is 1. The molecule has 0 aliphatic carbocycles. The van der Waals surface area contributed by atoms with Gasteiger partial charge in [0.2, 0.25) is 0 Å². The van der Waals surface area contributed by atoms with E-state index in [0.29, 0.717) is 6.54 Å². The molecule has 1 saturated heterocycles. The van der Waals surface area contributed by atoms with Crippen molar-refractivity contribution in [1.29, 1.82) is 0 Å². The molecule has 0 radical (unpaired) electrons. The largest absolute Gasteiger partial charge is 0.376 e. The van der Waals surface area contributed by atoms with Crippen molar-refractivity contribution in [2.45, 2.75) is 44.4 Å². The van der Waals surface area contributed by atoms with Crippen LogP contribution >= 0.6 is 0 Å². The van der Waals surface area contributed by atoms with Crippen molar-refractivity contribution in [2.24, 2.45) is 0 Å². The van der Waals surface area contributed by atoms with Crippen molar-refractivity contribution in [2.75, 3.05) is 7.11 Å². The molecule has 0 spiro atoms. The molecule has 1 amide bonds. The summed E-state index contributed by atoms with van der Waals surface area (Å²) in [5.74, 6) is 0.0146. The SMILES string of the molecule is CO[C@@H]1CC[C@H]2O[C@]1(C)n1c3ccccc3c3c4c(c5c6ccccc6n2c5c31)C(=O)NC4. The molecule has 5 aromatic rings. The summed E-state index contributed by atoms with van der Waals surface area (Å²) in [7, 11) is 1.78. The first-order chi connectivity index (χ1) is 16.1. The summed E-state index contributed by atoms with van der Waals surface area (Å²) in [6.45, 7) is 2.71. The van der Waals surface area contributed by atoms with Gasteiger partial charge in [0.05, 0.1) is 27.6 Å². The number of benzene rings is 3. The van der Waals surface area contributed by atoms with Gasteiger partial charge in [0.15, 0.2) is 5.72 Å². The molecule has 0 saturated carbocycles. The third-order valence-electron chi connectivity index (χ3n) is 8.18. The Morgan fingerprint density at radius 3 is 2.52 bits per heavy atom. The molecule has 1 N–H and O–H groups in total. The van der Waals surface area contributed by atoms with Crippen LogP contribution < -0.4 is 5.32 Å². The summed E-state index contributed by atoms with van der Waals surface area (Å²) in [6, 6.07) is 16.9. The number of nitrogens with zero attached hydrogens (tertiary/aromatic N) is 2. The lowest BCUT2D eigenvalue weighted by Gasteiger charge is -2.44. The first-order valence-corrected chi connectivity index (χ1v) is 11.6. The smallest absolute Gasteiger partial charge is 0.252 e. The Morgan fingerprint density at radius 1 is 1.00 bits per heavy atom. The van der Waals surface area contributed by atoms with Gasteiger partial charge in [-0.2, -0.15) is 0 Å². The molecule has 3 aliphatic heterocycles. The van der Waals surface area contributed by atoms with Gasteiger partial charge < -0.3 is 23.9 Å². The van der Waals surface area contributed by atoms with E-state index in [9.17, 15) is 4.79 Å². The highest BCUT2D eigenvalue weighted by molar-refractivity contribution is 6.30. The van der Waals surface area contributed by atoms with Crippen molar-refractivity contribution in [1.82, 2.24) is 14.5 Å². The van der Waals surface area contributed by atoms with E-state index in [1.54, 1.807) is 7.11 Å². The maximum absolute atomic E-state index is 13.2. The van der Waals surface area contributed by atoms with Crippen molar-refractivity contribution in [3.8, 4) is 0 Å². The van der Waals surface area contributed by atoms with Crippen LogP contribution in [0.5, 0.6) is 0 Å². The third-order valence-corrected chi connectivity index (χ3v) is 8.18. The molecule has 3 aromatic carbocycles. The summed E-state index contributed by atoms with van der Waals surface area (Å²) in [5, 5.41) is 7.58. The topological polar surface area (TPSA) is 57.4 Å². The lowest BCUT2D eigenvalue weighted by Crippen LogP contribution is -2.49. The Labute approximate surface area is 189 Å². The zero-order valence-electron chi connectivity index (χ0n) is 18.5. The number of hydrogen-bond donors (Lipinski definition) is 1. The Morgan fingerprint density at radius 2 is 1.73 bits per heavy atom. The van der Waals surface area contributed by atoms with Crippen LogP contribution in [0.3, 0.4) is 0 Å². The first kappa shape index (κ1) is 18.1. The third kappa shape index (κ3) is 1.89. The Hall–Kier alpha value is -3.35. The molecule has 6 heteroatoms. The fourth-order valence-electron chi connectivity index (χ4n) is 6.93. The molecule has 0 unspecified atom stereocenters. The molecule has 1 fully saturated rings. The van der Waals surface area contributed by atoms with Crippen molar-refractivity contribution >= 4 is 49.5 Å². The predicted molar refractivity (Wildman–Crippen MR) is 127 cm³/mol. The molecule has 3 aliphatic rings. The number of para-hydroxylation sites is 2. The lowest BCUT2D eigenvalue weighted by atomic mass is 9.96. The summed E-state index contributed by atoms with van der Waals surface area (Å²) in [6.07, 6.45) is 1.54. The van der Waals surface area contributed by atoms with Crippen molar-refractivity contribution in [3.63, 3.8) is 0 Å². The number of nitrogens with one attached hydrogen (secondary N) is 1. The van der Waals surface area contributed by atoms with Gasteiger partial charge in [-0.15, -0.1) is 0 Å². The van der Waals surface area contributed by atoms with E-state index in [1.165, 1.54) is 0 Å². The summed E-state index contributed by atoms with van der Waals surface area (Å²) >= 11 is 0. The average molecular weight is 437 g/mol. The van der Waals surface area contributed by atoms with Gasteiger partial charge in [0.1, 0.15) is 12.3 Å². The summed E-state index contributed by atoms with van der Waals surface area (Å²) < 4.78 is 17.7. The van der Waals surface area contributed by atoms with Gasteiger partial charge in [0.25, 0.3) is 5.91 Å². The monoisotopic (exact) mass is 437 g/mol. The molecule has 5 heterocycles. The molecule has 164 valence electrons. The van der Waals surface area contributed by atoms with Gasteiger partial charge in [-0.1, -0.05) is 36.4 Å². The summed E-state index contributed by atoms with van der Waals surface area (Å²) in [4.78, 5) is 13.2. The number of amides is 1. The van der Waals surface area contributed by atoms with Gasteiger partial charge in [-0.25, -0.2) is 0 Å². The number of aromatic nitrogens is 2. The predicted octanol–water partition coefficient (Wildman–Crippen LogP) is 5.16. The Bertz CT molecular complexity index is 1690. The van der Waals surface area contributed by atoms with E-state index in [-0.39, 0.29) is 18.2 Å². The minimum Gasteiger partial charge on any atom is -0.376 e. The number of ether oxygens (including phenoxy) is 2. The van der Waals surface area contributed by atoms with Crippen LogP contribution in [0.25, 0.3) is 43.6 Å². The standard InChI is InChI=1S/C27H23N3O3/c1-27-19(32-2)11-12-20(33-27)29-17-9-5-3-7-14(17)22-23-16(13-28-26(23)31)21-15-8-4-6-10-18(15)30(27)25(21)24(22)29/h3-10,19-20H,11-13H2,1-2H3,(H,28,31)/t19-,20-,27+/m1/s1. The fourth-order valence-corrected chi connectivity index (χ4v) is 6.93. The van der Waals surface area contributed by atoms with Crippen LogP contribution in [-0.4, -0.2) is 28.3 Å². The van der Waals surface area contributed by atoms with E-state index in [0.717, 1.165) is 67.6 Å². The highest BCUT2D eigenvalue weighted by atomic mass is 16.6. The zero-order valence-corrected chi connectivity index (χ0v) is 18.5. The zero-order chi connectivity index (χ0) is 22.1. The lowest BCUT2D eigenvalue weighted by molar-refractivity contribution is -0.247. The first-order valence-electron chi connectivity index (χ1n) is 11.6. The van der Waals surface area contributed by atoms with Crippen LogP contribution in [0.2, 0.25) is 0 Å². The number of carbonyl (C=O) groups is 1. The molecule has 3 atom stereocenters. The second-order valence-electron chi connectivity index (χ2n) is 9.65. The maximum atomic E-state index is 13.2. The minimum absolute atomic E-state index is 0.0146. The van der Waals surface area contributed by atoms with Gasteiger partial charge in [-0.3, -0.25) is 4.79 Å². The minimum atomic E-state index is -0.670. The molecule has 6 nitrogen and oxygen atoms in total. The van der Waals surface area contributed by atoms with Crippen LogP contribution in [0.15, 0.2) is 48.5 Å². The molecular formula is C27H23N3O3. The maximum Gasteiger partial charge on any atom is 0.252 e. The van der Waals surface area contributed by atoms with E-state index < -0.39 is 5.72 Å². The van der Waals surface area contributed by atoms with Gasteiger partial charge >= 0.3 is 0 Å². The van der Waals surface area contributed by atoms with Crippen LogP contribution in [-0.2, 0) is 21.7 Å². The van der Waals surface area contributed by atoms with Crippen molar-refractivity contribution in [3.05, 3.63) is 59.7 Å². The van der Waals surface area contributed by atoms with Crippen LogP contribution in [0.1, 0.15) is 41.9 Å². The van der Waals surface area contributed by atoms with E-state index in [2.05, 4.69) is 69.9 Å². The van der Waals surface area contributed by atoms with Crippen LogP contribution in [0, 0.1) is 0 Å². The highest BCUT2D eigenvalue weighted by Gasteiger charge is 2.49. The number of hydrogen-bond acceptors (Lipinski definition) is 3. The highest BCUT2D eigenvalue weighted by Crippen LogP contribution is 2.53. The quantitative estimate of drug-likeness (QED) is 0.394. The normalized spacial score (nSPS) is 25.9. The number of carbonyl (C=O) groups excluding carboxylic acids is 1. The molecule has 2 bridgehead atoms. The number of methoxy groups -OCH3 is 1. The Balaban J connectivity index is 1.76. The van der Waals surface area contributed by atoms with E-state index in [1.807, 2.05) is 0 Å². The average Bonchev–Trinajstić information content (AvgIpc) is 3.46. The van der Waals surface area contributed by atoms with Crippen molar-refractivity contribution < 1.29 is 14.3 Å². The number of fused-ring (bicyclic) bond motifs is 13. The fraction of sp³-hybridized carbons (Fsp3) is 0.296. The van der Waals surface area contributed by atoms with E-state index >= 15 is 0 Å². The van der Waals surface area contributed by atoms with Gasteiger partial charge in [0, 0.05) is 35.2 Å². The second-order valence-corrected chi connectivity index (χ2v) is 9.65. The molecule has 8 rings (SSSR count). The van der Waals surface area contributed by atoms with Crippen LogP contribution in [0.4, 0.5) is 0 Å². The van der Waals surface area contributed by atoms with Gasteiger partial charge in [-0.05, 0) is 37.5 Å². The summed E-state index contributed by atoms with van der Waals surface area (Å²) in [5.41, 5.74) is 5.72.